The molecule has 1 aliphatic heterocycles. The highest BCUT2D eigenvalue weighted by Crippen LogP contribution is 2.43. The smallest absolute Gasteiger partial charge is 0.189 e. The average Bonchev–Trinajstić information content (AvgIpc) is 3.14. The van der Waals surface area contributed by atoms with Crippen molar-refractivity contribution < 1.29 is 4.74 Å². The second kappa shape index (κ2) is 8.15. The van der Waals surface area contributed by atoms with Crippen LogP contribution in [-0.4, -0.2) is 21.8 Å². The van der Waals surface area contributed by atoms with Crippen molar-refractivity contribution in [3.05, 3.63) is 58.5 Å². The zero-order valence-corrected chi connectivity index (χ0v) is 19.8. The first-order chi connectivity index (χ1) is 14.6. The quantitative estimate of drug-likeness (QED) is 0.183. The van der Waals surface area contributed by atoms with E-state index in [2.05, 4.69) is 56.3 Å². The molecule has 0 N–H and O–H groups in total. The van der Waals surface area contributed by atoms with Crippen molar-refractivity contribution in [1.82, 2.24) is 9.97 Å². The molecule has 5 rings (SSSR count). The summed E-state index contributed by atoms with van der Waals surface area (Å²) in [6.07, 6.45) is 3.99. The number of aromatic nitrogens is 2. The first kappa shape index (κ1) is 20.3. The molecule has 0 spiro atoms. The predicted octanol–water partition coefficient (Wildman–Crippen LogP) is 7.10. The molecule has 2 aromatic carbocycles. The van der Waals surface area contributed by atoms with E-state index in [1.807, 2.05) is 18.0 Å². The number of hydrogen-bond acceptors (Lipinski definition) is 6. The maximum atomic E-state index is 6.19. The van der Waals surface area contributed by atoms with Crippen molar-refractivity contribution in [3.8, 4) is 0 Å². The Morgan fingerprint density at radius 2 is 1.97 bits per heavy atom. The van der Waals surface area contributed by atoms with E-state index >= 15 is 0 Å². The van der Waals surface area contributed by atoms with Gasteiger partial charge in [-0.2, -0.15) is 0 Å². The minimum atomic E-state index is -0.0978. The minimum absolute atomic E-state index is 0.0978. The summed E-state index contributed by atoms with van der Waals surface area (Å²) in [5.41, 5.74) is 2.63. The van der Waals surface area contributed by atoms with Crippen LogP contribution in [-0.2, 0) is 23.5 Å². The van der Waals surface area contributed by atoms with E-state index in [1.165, 1.54) is 32.2 Å². The second-order valence-electron chi connectivity index (χ2n) is 7.94. The van der Waals surface area contributed by atoms with E-state index in [4.69, 9.17) is 14.7 Å². The summed E-state index contributed by atoms with van der Waals surface area (Å²) in [5.74, 6) is 0.900. The van der Waals surface area contributed by atoms with Gasteiger partial charge in [-0.05, 0) is 41.5 Å². The summed E-state index contributed by atoms with van der Waals surface area (Å²) in [6, 6.07) is 15.3. The predicted molar refractivity (Wildman–Crippen MR) is 130 cm³/mol. The van der Waals surface area contributed by atoms with Gasteiger partial charge in [0.25, 0.3) is 0 Å². The van der Waals surface area contributed by atoms with Crippen LogP contribution >= 0.6 is 34.9 Å². The van der Waals surface area contributed by atoms with Crippen LogP contribution < -0.4 is 0 Å². The molecule has 3 nitrogen and oxygen atoms in total. The molecule has 0 saturated heterocycles. The van der Waals surface area contributed by atoms with Gasteiger partial charge in [0.15, 0.2) is 5.16 Å². The van der Waals surface area contributed by atoms with Crippen molar-refractivity contribution in [2.75, 3.05) is 6.26 Å². The zero-order valence-electron chi connectivity index (χ0n) is 17.4. The number of thiophene rings is 1. The van der Waals surface area contributed by atoms with Gasteiger partial charge in [-0.3, -0.25) is 0 Å². The van der Waals surface area contributed by atoms with E-state index in [-0.39, 0.29) is 5.60 Å². The third kappa shape index (κ3) is 3.75. The number of benzene rings is 2. The number of hydrogen-bond donors (Lipinski definition) is 0. The van der Waals surface area contributed by atoms with Gasteiger partial charge in [0, 0.05) is 22.4 Å². The SMILES string of the molecule is CC[C@@]1(C)Cc2c(sc3nc(SC)nc(SCc4ccc5ccccc5c4)c23)CO1. The molecule has 30 heavy (non-hydrogen) atoms. The Labute approximate surface area is 189 Å². The van der Waals surface area contributed by atoms with Gasteiger partial charge in [-0.15, -0.1) is 23.1 Å². The molecule has 4 aromatic rings. The number of rotatable bonds is 5. The van der Waals surface area contributed by atoms with Crippen LogP contribution in [0.2, 0.25) is 0 Å². The Morgan fingerprint density at radius 3 is 2.77 bits per heavy atom. The fraction of sp³-hybridized carbons (Fsp3) is 0.333. The Kier molecular flexibility index (Phi) is 5.52. The lowest BCUT2D eigenvalue weighted by atomic mass is 9.90. The van der Waals surface area contributed by atoms with Crippen molar-refractivity contribution in [3.63, 3.8) is 0 Å². The lowest BCUT2D eigenvalue weighted by molar-refractivity contribution is -0.0543. The first-order valence-electron chi connectivity index (χ1n) is 10.2. The summed E-state index contributed by atoms with van der Waals surface area (Å²) >= 11 is 5.21. The fourth-order valence-electron chi connectivity index (χ4n) is 3.92. The van der Waals surface area contributed by atoms with Gasteiger partial charge < -0.3 is 4.74 Å². The van der Waals surface area contributed by atoms with Crippen LogP contribution in [0.15, 0.2) is 52.6 Å². The van der Waals surface area contributed by atoms with E-state index in [9.17, 15) is 0 Å². The van der Waals surface area contributed by atoms with Crippen molar-refractivity contribution in [2.24, 2.45) is 0 Å². The molecular formula is C24H24N2OS3. The fourth-order valence-corrected chi connectivity index (χ4v) is 6.57. The summed E-state index contributed by atoms with van der Waals surface area (Å²) in [4.78, 5) is 12.2. The van der Waals surface area contributed by atoms with Gasteiger partial charge >= 0.3 is 0 Å². The molecule has 0 bridgehead atoms. The normalized spacial score (nSPS) is 18.8. The highest BCUT2D eigenvalue weighted by atomic mass is 32.2. The summed E-state index contributed by atoms with van der Waals surface area (Å²) < 4.78 is 6.19. The van der Waals surface area contributed by atoms with E-state index < -0.39 is 0 Å². The molecule has 1 aliphatic rings. The van der Waals surface area contributed by atoms with Crippen LogP contribution in [0.4, 0.5) is 0 Å². The largest absolute Gasteiger partial charge is 0.369 e. The first-order valence-corrected chi connectivity index (χ1v) is 13.2. The van der Waals surface area contributed by atoms with Crippen LogP contribution in [0.25, 0.3) is 21.0 Å². The molecule has 0 fully saturated rings. The Bertz CT molecular complexity index is 1240. The summed E-state index contributed by atoms with van der Waals surface area (Å²) in [7, 11) is 0. The van der Waals surface area contributed by atoms with Gasteiger partial charge in [0.05, 0.1) is 12.2 Å². The van der Waals surface area contributed by atoms with Crippen LogP contribution in [0.3, 0.4) is 0 Å². The monoisotopic (exact) mass is 452 g/mol. The van der Waals surface area contributed by atoms with Crippen molar-refractivity contribution in [1.29, 1.82) is 0 Å². The Balaban J connectivity index is 1.53. The molecule has 0 radical (unpaired) electrons. The standard InChI is InChI=1S/C24H24N2OS3/c1-4-24(2)12-18-19(13-27-24)30-22-20(18)21(25-23(26-22)28-3)29-14-15-9-10-16-7-5-6-8-17(16)11-15/h5-11H,4,12-14H2,1-3H3/t24-/m0/s1. The summed E-state index contributed by atoms with van der Waals surface area (Å²) in [5, 5.41) is 5.78. The van der Waals surface area contributed by atoms with E-state index in [1.54, 1.807) is 23.1 Å². The van der Waals surface area contributed by atoms with E-state index in [0.29, 0.717) is 6.61 Å². The molecule has 154 valence electrons. The van der Waals surface area contributed by atoms with Crippen LogP contribution in [0, 0.1) is 0 Å². The van der Waals surface area contributed by atoms with Gasteiger partial charge in [0.1, 0.15) is 9.86 Å². The maximum absolute atomic E-state index is 6.19. The van der Waals surface area contributed by atoms with Crippen LogP contribution in [0.5, 0.6) is 0 Å². The lowest BCUT2D eigenvalue weighted by Gasteiger charge is -2.33. The molecule has 3 heterocycles. The molecule has 1 atom stereocenters. The third-order valence-electron chi connectivity index (χ3n) is 5.90. The number of fused-ring (bicyclic) bond motifs is 4. The second-order valence-corrected chi connectivity index (χ2v) is 10.8. The zero-order chi connectivity index (χ0) is 20.7. The average molecular weight is 453 g/mol. The third-order valence-corrected chi connectivity index (χ3v) is 8.60. The minimum Gasteiger partial charge on any atom is -0.369 e. The molecule has 0 unspecified atom stereocenters. The van der Waals surface area contributed by atoms with Gasteiger partial charge in [-0.1, -0.05) is 61.2 Å². The Morgan fingerprint density at radius 1 is 1.13 bits per heavy atom. The maximum Gasteiger partial charge on any atom is 0.189 e. The lowest BCUT2D eigenvalue weighted by Crippen LogP contribution is -2.33. The number of nitrogens with zero attached hydrogens (tertiary/aromatic N) is 2. The van der Waals surface area contributed by atoms with Crippen molar-refractivity contribution >= 4 is 55.8 Å². The number of ether oxygens (including phenoxy) is 1. The number of thioether (sulfide) groups is 2. The Hall–Kier alpha value is -1.60. The molecule has 0 amide bonds. The highest BCUT2D eigenvalue weighted by molar-refractivity contribution is 7.99. The molecule has 0 saturated carbocycles. The molecule has 2 aromatic heterocycles. The van der Waals surface area contributed by atoms with Crippen molar-refractivity contribution in [2.45, 2.75) is 54.8 Å². The molecule has 0 aliphatic carbocycles. The van der Waals surface area contributed by atoms with Gasteiger partial charge in [-0.25, -0.2) is 9.97 Å². The topological polar surface area (TPSA) is 35.0 Å². The highest BCUT2D eigenvalue weighted by Gasteiger charge is 2.33. The van der Waals surface area contributed by atoms with E-state index in [0.717, 1.165) is 33.6 Å². The molecule has 6 heteroatoms. The van der Waals surface area contributed by atoms with Gasteiger partial charge in [0.2, 0.25) is 0 Å². The summed E-state index contributed by atoms with van der Waals surface area (Å²) in [6.45, 7) is 5.11. The van der Waals surface area contributed by atoms with Crippen LogP contribution in [0.1, 0.15) is 36.3 Å². The molecular weight excluding hydrogens is 428 g/mol.